The van der Waals surface area contributed by atoms with Crippen molar-refractivity contribution in [2.45, 2.75) is 12.8 Å². The number of terminal acetylenes is 1. The van der Waals surface area contributed by atoms with Crippen LogP contribution in [-0.2, 0) is 22.3 Å². The number of carbonyl (C=O) groups excluding carboxylic acids is 2. The van der Waals surface area contributed by atoms with E-state index in [1.165, 1.54) is 0 Å². The molecule has 0 radical (unpaired) electrons. The Morgan fingerprint density at radius 1 is 1.19 bits per heavy atom. The fourth-order valence-electron chi connectivity index (χ4n) is 2.19. The van der Waals surface area contributed by atoms with E-state index in [2.05, 4.69) is 10.1 Å². The van der Waals surface area contributed by atoms with Gasteiger partial charge in [-0.25, -0.2) is 9.59 Å². The maximum atomic E-state index is 13.0. The number of carbonyl (C=O) groups is 2. The van der Waals surface area contributed by atoms with Gasteiger partial charge in [0.2, 0.25) is 0 Å². The Morgan fingerprint density at radius 3 is 2.41 bits per heavy atom. The van der Waals surface area contributed by atoms with Gasteiger partial charge in [0.05, 0.1) is 23.9 Å². The average molecular weight is 377 g/mol. The van der Waals surface area contributed by atoms with Gasteiger partial charge in [-0.05, 0) is 17.7 Å². The molecule has 0 bridgehead atoms. The highest BCUT2D eigenvalue weighted by atomic mass is 19.4. The number of benzene rings is 2. The zero-order chi connectivity index (χ0) is 20.0. The zero-order valence-corrected chi connectivity index (χ0v) is 14.1. The molecule has 140 valence electrons. The van der Waals surface area contributed by atoms with Crippen LogP contribution in [0.1, 0.15) is 27.0 Å². The van der Waals surface area contributed by atoms with Crippen LogP contribution in [0.25, 0.3) is 0 Å². The maximum absolute atomic E-state index is 13.0. The Morgan fingerprint density at radius 2 is 1.85 bits per heavy atom. The molecule has 0 aromatic heterocycles. The second kappa shape index (κ2) is 8.27. The fourth-order valence-corrected chi connectivity index (χ4v) is 2.19. The molecular formula is C19H14F3NO4. The highest BCUT2D eigenvalue weighted by Gasteiger charge is 2.33. The van der Waals surface area contributed by atoms with E-state index in [4.69, 9.17) is 11.2 Å². The van der Waals surface area contributed by atoms with Crippen LogP contribution in [0.3, 0.4) is 0 Å². The first kappa shape index (κ1) is 19.8. The van der Waals surface area contributed by atoms with Gasteiger partial charge in [-0.1, -0.05) is 36.3 Å². The SMILES string of the molecule is C#Cc1cc(C(F)(F)F)cc(C(=O)OC)c1NC(=O)OCc1ccccc1. The molecule has 0 atom stereocenters. The number of alkyl halides is 3. The first-order valence-corrected chi connectivity index (χ1v) is 7.54. The van der Waals surface area contributed by atoms with E-state index in [0.29, 0.717) is 17.7 Å². The lowest BCUT2D eigenvalue weighted by Gasteiger charge is -2.15. The van der Waals surface area contributed by atoms with E-state index in [0.717, 1.165) is 7.11 Å². The van der Waals surface area contributed by atoms with Crippen LogP contribution in [0.5, 0.6) is 0 Å². The van der Waals surface area contributed by atoms with E-state index < -0.39 is 29.4 Å². The summed E-state index contributed by atoms with van der Waals surface area (Å²) in [6, 6.07) is 9.93. The molecule has 0 saturated heterocycles. The van der Waals surface area contributed by atoms with Gasteiger partial charge in [0.1, 0.15) is 6.61 Å². The second-order valence-electron chi connectivity index (χ2n) is 5.27. The number of halogens is 3. The highest BCUT2D eigenvalue weighted by molar-refractivity contribution is 6.01. The summed E-state index contributed by atoms with van der Waals surface area (Å²) in [5, 5.41) is 2.22. The van der Waals surface area contributed by atoms with Crippen molar-refractivity contribution in [2.24, 2.45) is 0 Å². The van der Waals surface area contributed by atoms with Gasteiger partial charge in [-0.15, -0.1) is 6.42 Å². The minimum absolute atomic E-state index is 0.0771. The van der Waals surface area contributed by atoms with Gasteiger partial charge in [-0.3, -0.25) is 5.32 Å². The third-order valence-corrected chi connectivity index (χ3v) is 3.47. The molecule has 0 aliphatic rings. The Labute approximate surface area is 153 Å². The van der Waals surface area contributed by atoms with Crippen molar-refractivity contribution in [2.75, 3.05) is 12.4 Å². The van der Waals surface area contributed by atoms with Crippen molar-refractivity contribution >= 4 is 17.7 Å². The number of esters is 1. The van der Waals surface area contributed by atoms with Gasteiger partial charge >= 0.3 is 18.2 Å². The lowest BCUT2D eigenvalue weighted by molar-refractivity contribution is -0.137. The Kier molecular flexibility index (Phi) is 6.08. The molecule has 1 amide bonds. The summed E-state index contributed by atoms with van der Waals surface area (Å²) in [6.07, 6.45) is -0.469. The smallest absolute Gasteiger partial charge is 0.416 e. The van der Waals surface area contributed by atoms with Crippen LogP contribution in [0, 0.1) is 12.3 Å². The molecule has 0 heterocycles. The molecule has 0 spiro atoms. The molecule has 2 rings (SSSR count). The summed E-state index contributed by atoms with van der Waals surface area (Å²) < 4.78 is 48.6. The second-order valence-corrected chi connectivity index (χ2v) is 5.27. The molecule has 1 N–H and O–H groups in total. The monoisotopic (exact) mass is 377 g/mol. The number of rotatable bonds is 4. The normalized spacial score (nSPS) is 10.6. The predicted octanol–water partition coefficient (Wildman–Crippen LogP) is 4.22. The molecular weight excluding hydrogens is 363 g/mol. The Hall–Kier alpha value is -3.47. The van der Waals surface area contributed by atoms with Crippen LogP contribution in [0.4, 0.5) is 23.7 Å². The van der Waals surface area contributed by atoms with Crippen LogP contribution in [-0.4, -0.2) is 19.2 Å². The summed E-state index contributed by atoms with van der Waals surface area (Å²) in [6.45, 7) is -0.0771. The summed E-state index contributed by atoms with van der Waals surface area (Å²) in [4.78, 5) is 23.9. The zero-order valence-electron chi connectivity index (χ0n) is 14.1. The van der Waals surface area contributed by atoms with Crippen molar-refractivity contribution in [1.82, 2.24) is 0 Å². The van der Waals surface area contributed by atoms with Gasteiger partial charge < -0.3 is 9.47 Å². The molecule has 2 aromatic carbocycles. The highest BCUT2D eigenvalue weighted by Crippen LogP contribution is 2.34. The van der Waals surface area contributed by atoms with Crippen molar-refractivity contribution in [3.05, 3.63) is 64.7 Å². The van der Waals surface area contributed by atoms with E-state index >= 15 is 0 Å². The average Bonchev–Trinajstić information content (AvgIpc) is 2.65. The van der Waals surface area contributed by atoms with Crippen molar-refractivity contribution < 1.29 is 32.2 Å². The fraction of sp³-hybridized carbons (Fsp3) is 0.158. The number of anilines is 1. The third-order valence-electron chi connectivity index (χ3n) is 3.47. The van der Waals surface area contributed by atoms with E-state index in [1.54, 1.807) is 30.3 Å². The van der Waals surface area contributed by atoms with Crippen LogP contribution in [0.15, 0.2) is 42.5 Å². The minimum Gasteiger partial charge on any atom is -0.465 e. The van der Waals surface area contributed by atoms with E-state index in [-0.39, 0.29) is 17.9 Å². The number of hydrogen-bond acceptors (Lipinski definition) is 4. The lowest BCUT2D eigenvalue weighted by Crippen LogP contribution is -2.19. The predicted molar refractivity (Wildman–Crippen MR) is 91.0 cm³/mol. The van der Waals surface area contributed by atoms with Gasteiger partial charge in [0.15, 0.2) is 0 Å². The molecule has 0 saturated carbocycles. The topological polar surface area (TPSA) is 64.6 Å². The number of amides is 1. The maximum Gasteiger partial charge on any atom is 0.416 e. The van der Waals surface area contributed by atoms with E-state index in [9.17, 15) is 22.8 Å². The standard InChI is InChI=1S/C19H14F3NO4/c1-3-13-9-14(19(20,21)22)10-15(17(24)26-2)16(13)23-18(25)27-11-12-7-5-4-6-8-12/h1,4-10H,11H2,2H3,(H,23,25). The lowest BCUT2D eigenvalue weighted by atomic mass is 10.0. The van der Waals surface area contributed by atoms with Crippen LogP contribution < -0.4 is 5.32 Å². The van der Waals surface area contributed by atoms with Gasteiger partial charge in [-0.2, -0.15) is 13.2 Å². The first-order valence-electron chi connectivity index (χ1n) is 7.54. The number of methoxy groups -OCH3 is 1. The van der Waals surface area contributed by atoms with Crippen molar-refractivity contribution in [3.63, 3.8) is 0 Å². The first-order chi connectivity index (χ1) is 12.8. The van der Waals surface area contributed by atoms with Crippen molar-refractivity contribution in [1.29, 1.82) is 0 Å². The minimum atomic E-state index is -4.74. The molecule has 2 aromatic rings. The molecule has 0 unspecified atom stereocenters. The van der Waals surface area contributed by atoms with Gasteiger partial charge in [0.25, 0.3) is 0 Å². The Bertz CT molecular complexity index is 886. The van der Waals surface area contributed by atoms with Crippen LogP contribution >= 0.6 is 0 Å². The largest absolute Gasteiger partial charge is 0.465 e. The molecule has 27 heavy (non-hydrogen) atoms. The molecule has 0 aliphatic carbocycles. The molecule has 0 fully saturated rings. The van der Waals surface area contributed by atoms with Crippen LogP contribution in [0.2, 0.25) is 0 Å². The molecule has 8 heteroatoms. The number of hydrogen-bond donors (Lipinski definition) is 1. The number of nitrogens with one attached hydrogen (secondary N) is 1. The Balaban J connectivity index is 2.32. The molecule has 0 aliphatic heterocycles. The summed E-state index contributed by atoms with van der Waals surface area (Å²) >= 11 is 0. The summed E-state index contributed by atoms with van der Waals surface area (Å²) in [5.41, 5.74) is -1.60. The summed E-state index contributed by atoms with van der Waals surface area (Å²) in [7, 11) is 0.996. The number of ether oxygens (including phenoxy) is 2. The van der Waals surface area contributed by atoms with Gasteiger partial charge in [0, 0.05) is 5.56 Å². The van der Waals surface area contributed by atoms with E-state index in [1.807, 2.05) is 5.92 Å². The molecule has 5 nitrogen and oxygen atoms in total. The quantitative estimate of drug-likeness (QED) is 0.640. The van der Waals surface area contributed by atoms with Crippen molar-refractivity contribution in [3.8, 4) is 12.3 Å². The summed E-state index contributed by atoms with van der Waals surface area (Å²) in [5.74, 6) is 0.941. The third kappa shape index (κ3) is 5.01.